The number of nitrogens with zero attached hydrogens (tertiary/aromatic N) is 3. The van der Waals surface area contributed by atoms with Crippen LogP contribution in [0.4, 0.5) is 18.9 Å². The van der Waals surface area contributed by atoms with Gasteiger partial charge < -0.3 is 5.32 Å². The molecule has 1 aromatic heterocycles. The lowest BCUT2D eigenvalue weighted by atomic mass is 10.2. The predicted octanol–water partition coefficient (Wildman–Crippen LogP) is 3.52. The van der Waals surface area contributed by atoms with E-state index in [0.717, 1.165) is 35.4 Å². The molecule has 0 radical (unpaired) electrons. The van der Waals surface area contributed by atoms with Gasteiger partial charge in [-0.3, -0.25) is 4.79 Å². The Morgan fingerprint density at radius 2 is 2.23 bits per heavy atom. The molecule has 1 aromatic carbocycles. The molecule has 0 bridgehead atoms. The summed E-state index contributed by atoms with van der Waals surface area (Å²) in [4.78, 5) is 12.2. The number of carbonyl (C=O) groups is 1. The highest BCUT2D eigenvalue weighted by atomic mass is 32.2. The maximum Gasteiger partial charge on any atom is 0.416 e. The number of rotatable bonds is 4. The van der Waals surface area contributed by atoms with Crippen molar-refractivity contribution in [3.05, 3.63) is 40.4 Å². The first-order chi connectivity index (χ1) is 10.4. The monoisotopic (exact) mass is 344 g/mol. The van der Waals surface area contributed by atoms with E-state index in [4.69, 9.17) is 5.26 Å². The number of benzene rings is 1. The van der Waals surface area contributed by atoms with E-state index < -0.39 is 17.6 Å². The van der Waals surface area contributed by atoms with Crippen molar-refractivity contribution >= 4 is 34.9 Å². The van der Waals surface area contributed by atoms with Gasteiger partial charge >= 0.3 is 6.18 Å². The smallest absolute Gasteiger partial charge is 0.321 e. The molecule has 10 heteroatoms. The lowest BCUT2D eigenvalue weighted by molar-refractivity contribution is -0.137. The van der Waals surface area contributed by atoms with Crippen LogP contribution >= 0.6 is 23.3 Å². The van der Waals surface area contributed by atoms with Gasteiger partial charge in [0.15, 0.2) is 0 Å². The summed E-state index contributed by atoms with van der Waals surface area (Å²) in [5, 5.41) is 16.4. The fraction of sp³-hybridized carbons (Fsp3) is 0.167. The molecule has 1 heterocycles. The number of anilines is 1. The molecule has 0 aliphatic heterocycles. The second kappa shape index (κ2) is 6.76. The average molecular weight is 344 g/mol. The third kappa shape index (κ3) is 3.96. The number of halogens is 3. The first kappa shape index (κ1) is 16.3. The summed E-state index contributed by atoms with van der Waals surface area (Å²) in [6.07, 6.45) is -4.48. The molecule has 1 amide bonds. The van der Waals surface area contributed by atoms with Gasteiger partial charge in [-0.05, 0) is 41.5 Å². The van der Waals surface area contributed by atoms with E-state index in [2.05, 4.69) is 14.9 Å². The summed E-state index contributed by atoms with van der Waals surface area (Å²) in [7, 11) is 0. The second-order valence-corrected chi connectivity index (χ2v) is 5.48. The Morgan fingerprint density at radius 1 is 1.45 bits per heavy atom. The zero-order chi connectivity index (χ0) is 16.2. The average Bonchev–Trinajstić information content (AvgIpc) is 2.93. The SMILES string of the molecule is N#CSCc1nnsc1C(=O)Nc1cccc(C(F)(F)F)c1. The zero-order valence-corrected chi connectivity index (χ0v) is 12.3. The van der Waals surface area contributed by atoms with E-state index in [1.807, 2.05) is 5.40 Å². The van der Waals surface area contributed by atoms with Gasteiger partial charge in [-0.1, -0.05) is 10.6 Å². The number of nitrogens with one attached hydrogen (secondary N) is 1. The predicted molar refractivity (Wildman–Crippen MR) is 76.2 cm³/mol. The van der Waals surface area contributed by atoms with Gasteiger partial charge in [0, 0.05) is 5.69 Å². The van der Waals surface area contributed by atoms with Crippen LogP contribution in [-0.4, -0.2) is 15.5 Å². The number of aromatic nitrogens is 2. The highest BCUT2D eigenvalue weighted by molar-refractivity contribution is 8.02. The molecule has 0 unspecified atom stereocenters. The Morgan fingerprint density at radius 3 is 2.91 bits per heavy atom. The number of amides is 1. The van der Waals surface area contributed by atoms with Crippen LogP contribution in [0, 0.1) is 10.7 Å². The van der Waals surface area contributed by atoms with Crippen LogP contribution in [0.1, 0.15) is 20.9 Å². The molecule has 0 saturated heterocycles. The number of alkyl halides is 3. The maximum absolute atomic E-state index is 12.6. The Kier molecular flexibility index (Phi) is 4.99. The Labute approximate surface area is 131 Å². The molecule has 0 aliphatic carbocycles. The van der Waals surface area contributed by atoms with Gasteiger partial charge in [-0.2, -0.15) is 18.4 Å². The standard InChI is InChI=1S/C12H7F3N4OS2/c13-12(14,15)7-2-1-3-8(4-7)17-11(20)10-9(5-21-6-16)18-19-22-10/h1-4H,5H2,(H,17,20). The quantitative estimate of drug-likeness (QED) is 0.859. The molecule has 0 spiro atoms. The van der Waals surface area contributed by atoms with Crippen molar-refractivity contribution in [2.24, 2.45) is 0 Å². The van der Waals surface area contributed by atoms with Gasteiger partial charge in [0.2, 0.25) is 0 Å². The van der Waals surface area contributed by atoms with Gasteiger partial charge in [0.1, 0.15) is 10.3 Å². The van der Waals surface area contributed by atoms with Crippen molar-refractivity contribution in [2.75, 3.05) is 5.32 Å². The number of carbonyl (C=O) groups excluding carboxylic acids is 1. The van der Waals surface area contributed by atoms with Crippen molar-refractivity contribution in [2.45, 2.75) is 11.9 Å². The number of thioether (sulfide) groups is 1. The molecule has 0 saturated carbocycles. The van der Waals surface area contributed by atoms with Gasteiger partial charge in [-0.15, -0.1) is 5.10 Å². The molecule has 114 valence electrons. The van der Waals surface area contributed by atoms with Crippen LogP contribution in [0.3, 0.4) is 0 Å². The molecule has 0 atom stereocenters. The molecule has 2 aromatic rings. The third-order valence-electron chi connectivity index (χ3n) is 2.48. The van der Waals surface area contributed by atoms with Crippen LogP contribution in [0.2, 0.25) is 0 Å². The summed E-state index contributed by atoms with van der Waals surface area (Å²) in [6, 6.07) is 4.32. The number of thiocyanates is 1. The van der Waals surface area contributed by atoms with E-state index in [1.54, 1.807) is 0 Å². The van der Waals surface area contributed by atoms with Crippen molar-refractivity contribution < 1.29 is 18.0 Å². The molecular weight excluding hydrogens is 337 g/mol. The van der Waals surface area contributed by atoms with Crippen LogP contribution in [0.5, 0.6) is 0 Å². The maximum atomic E-state index is 12.6. The molecule has 1 N–H and O–H groups in total. The second-order valence-electron chi connectivity index (χ2n) is 3.96. The topological polar surface area (TPSA) is 78.7 Å². The Bertz CT molecular complexity index is 724. The van der Waals surface area contributed by atoms with E-state index in [-0.39, 0.29) is 16.3 Å². The molecule has 5 nitrogen and oxygen atoms in total. The highest BCUT2D eigenvalue weighted by Crippen LogP contribution is 2.30. The Hall–Kier alpha value is -2.12. The van der Waals surface area contributed by atoms with Crippen molar-refractivity contribution in [1.82, 2.24) is 9.59 Å². The lowest BCUT2D eigenvalue weighted by Crippen LogP contribution is -2.13. The van der Waals surface area contributed by atoms with Crippen molar-refractivity contribution in [1.29, 1.82) is 5.26 Å². The van der Waals surface area contributed by atoms with Crippen molar-refractivity contribution in [3.8, 4) is 5.40 Å². The van der Waals surface area contributed by atoms with Crippen LogP contribution in [0.15, 0.2) is 24.3 Å². The highest BCUT2D eigenvalue weighted by Gasteiger charge is 2.30. The summed E-state index contributed by atoms with van der Waals surface area (Å²) in [5.41, 5.74) is -0.513. The molecule has 2 rings (SSSR count). The Balaban J connectivity index is 2.16. The molecular formula is C12H7F3N4OS2. The van der Waals surface area contributed by atoms with Crippen LogP contribution in [-0.2, 0) is 11.9 Å². The minimum atomic E-state index is -4.48. The fourth-order valence-electron chi connectivity index (χ4n) is 1.54. The first-order valence-corrected chi connectivity index (χ1v) is 7.48. The number of nitriles is 1. The van der Waals surface area contributed by atoms with Crippen LogP contribution < -0.4 is 5.32 Å². The first-order valence-electron chi connectivity index (χ1n) is 5.72. The molecule has 0 fully saturated rings. The molecule has 0 aliphatic rings. The fourth-order valence-corrected chi connectivity index (χ4v) is 2.61. The zero-order valence-electron chi connectivity index (χ0n) is 10.7. The minimum absolute atomic E-state index is 0.0205. The van der Waals surface area contributed by atoms with E-state index >= 15 is 0 Å². The minimum Gasteiger partial charge on any atom is -0.321 e. The summed E-state index contributed by atoms with van der Waals surface area (Å²) in [5.74, 6) is -0.430. The summed E-state index contributed by atoms with van der Waals surface area (Å²) in [6.45, 7) is 0. The third-order valence-corrected chi connectivity index (χ3v) is 3.80. The van der Waals surface area contributed by atoms with Gasteiger partial charge in [0.05, 0.1) is 17.0 Å². The van der Waals surface area contributed by atoms with Gasteiger partial charge in [0.25, 0.3) is 5.91 Å². The van der Waals surface area contributed by atoms with Crippen LogP contribution in [0.25, 0.3) is 0 Å². The van der Waals surface area contributed by atoms with Gasteiger partial charge in [-0.25, -0.2) is 0 Å². The lowest BCUT2D eigenvalue weighted by Gasteiger charge is -2.09. The summed E-state index contributed by atoms with van der Waals surface area (Å²) < 4.78 is 41.5. The molecule has 22 heavy (non-hydrogen) atoms. The van der Waals surface area contributed by atoms with E-state index in [9.17, 15) is 18.0 Å². The van der Waals surface area contributed by atoms with E-state index in [0.29, 0.717) is 5.69 Å². The number of hydrogen-bond acceptors (Lipinski definition) is 6. The normalized spacial score (nSPS) is 11.0. The summed E-state index contributed by atoms with van der Waals surface area (Å²) >= 11 is 1.71. The number of hydrogen-bond donors (Lipinski definition) is 1. The largest absolute Gasteiger partial charge is 0.416 e. The van der Waals surface area contributed by atoms with E-state index in [1.165, 1.54) is 12.1 Å². The van der Waals surface area contributed by atoms with Crippen molar-refractivity contribution in [3.63, 3.8) is 0 Å².